The Bertz CT molecular complexity index is 1470. The summed E-state index contributed by atoms with van der Waals surface area (Å²) in [5.74, 6) is -1.29. The maximum atomic E-state index is 15.3. The van der Waals surface area contributed by atoms with Crippen LogP contribution in [0, 0.1) is 5.82 Å². The molecule has 0 aliphatic carbocycles. The van der Waals surface area contributed by atoms with Crippen molar-refractivity contribution in [2.75, 3.05) is 18.3 Å². The number of carbonyl (C=O) groups is 2. The van der Waals surface area contributed by atoms with Crippen molar-refractivity contribution in [3.05, 3.63) is 42.6 Å². The number of halogens is 2. The maximum Gasteiger partial charge on any atom is 0.435 e. The average molecular weight is 515 g/mol. The topological polar surface area (TPSA) is 113 Å². The van der Waals surface area contributed by atoms with Crippen molar-refractivity contribution >= 4 is 40.2 Å². The van der Waals surface area contributed by atoms with E-state index in [4.69, 9.17) is 21.1 Å². The van der Waals surface area contributed by atoms with Crippen LogP contribution < -0.4 is 10.1 Å². The molecule has 0 aliphatic heterocycles. The van der Waals surface area contributed by atoms with Gasteiger partial charge in [0.2, 0.25) is 5.91 Å². The molecule has 0 unspecified atom stereocenters. The van der Waals surface area contributed by atoms with Crippen molar-refractivity contribution in [1.82, 2.24) is 24.5 Å². The first kappa shape index (κ1) is 25.1. The van der Waals surface area contributed by atoms with E-state index in [1.807, 2.05) is 0 Å². The Labute approximate surface area is 211 Å². The number of amides is 1. The smallest absolute Gasteiger partial charge is 0.435 e. The molecule has 0 radical (unpaired) electrons. The van der Waals surface area contributed by atoms with Crippen LogP contribution in [0.3, 0.4) is 0 Å². The third kappa shape index (κ3) is 5.01. The normalized spacial score (nSPS) is 11.5. The number of hydrogen-bond acceptors (Lipinski definition) is 7. The Kier molecular flexibility index (Phi) is 6.68. The molecule has 0 saturated heterocycles. The van der Waals surface area contributed by atoms with Crippen LogP contribution in [0.1, 0.15) is 20.8 Å². The van der Waals surface area contributed by atoms with Gasteiger partial charge in [-0.05, 0) is 32.9 Å². The van der Waals surface area contributed by atoms with E-state index in [1.165, 1.54) is 19.4 Å². The highest BCUT2D eigenvalue weighted by Crippen LogP contribution is 2.37. The summed E-state index contributed by atoms with van der Waals surface area (Å²) in [6, 6.07) is 4.24. The van der Waals surface area contributed by atoms with Gasteiger partial charge in [-0.1, -0.05) is 0 Å². The Morgan fingerprint density at radius 1 is 1.19 bits per heavy atom. The number of rotatable bonds is 5. The van der Waals surface area contributed by atoms with Gasteiger partial charge in [0.1, 0.15) is 28.7 Å². The number of ether oxygens (including phenoxy) is 2. The van der Waals surface area contributed by atoms with E-state index in [1.54, 1.807) is 51.0 Å². The number of carbonyl (C=O) groups excluding carboxylic acids is 2. The molecule has 0 aliphatic rings. The number of nitrogens with one attached hydrogen (secondary N) is 1. The van der Waals surface area contributed by atoms with Crippen LogP contribution in [0.2, 0.25) is 0 Å². The second kappa shape index (κ2) is 9.57. The van der Waals surface area contributed by atoms with Crippen molar-refractivity contribution in [1.29, 1.82) is 0 Å². The second-order valence-electron chi connectivity index (χ2n) is 8.95. The van der Waals surface area contributed by atoms with Crippen LogP contribution in [-0.4, -0.2) is 55.1 Å². The molecule has 1 N–H and O–H groups in total. The van der Waals surface area contributed by atoms with Gasteiger partial charge in [0, 0.05) is 35.9 Å². The van der Waals surface area contributed by atoms with Gasteiger partial charge in [-0.25, -0.2) is 9.18 Å². The van der Waals surface area contributed by atoms with Gasteiger partial charge in [0.25, 0.3) is 0 Å². The average Bonchev–Trinajstić information content (AvgIpc) is 3.40. The Balaban J connectivity index is 1.89. The van der Waals surface area contributed by atoms with Gasteiger partial charge in [0.05, 0.1) is 36.3 Å². The minimum Gasteiger partial charge on any atom is -0.496 e. The lowest BCUT2D eigenvalue weighted by Crippen LogP contribution is -2.27. The van der Waals surface area contributed by atoms with Crippen LogP contribution >= 0.6 is 11.6 Å². The van der Waals surface area contributed by atoms with Gasteiger partial charge in [-0.2, -0.15) is 14.9 Å². The standard InChI is InChI=1S/C24H24ClFN6O4/c1-24(2,3)36-23(34)32-18-11-27-17(8-15(18)22(30-32)13-10-28-31(4)12-13)21-16(26)6-14(7-19(21)35-5)29-20(33)9-25/h6-8,10-12H,9H2,1-5H3,(H,29,33). The zero-order valence-electron chi connectivity index (χ0n) is 20.3. The van der Waals surface area contributed by atoms with E-state index < -0.39 is 23.4 Å². The summed E-state index contributed by atoms with van der Waals surface area (Å²) in [6.45, 7) is 5.26. The quantitative estimate of drug-likeness (QED) is 0.387. The molecular formula is C24H24ClFN6O4. The van der Waals surface area contributed by atoms with E-state index in [-0.39, 0.29) is 28.6 Å². The molecule has 0 saturated carbocycles. The molecule has 0 fully saturated rings. The Morgan fingerprint density at radius 2 is 1.94 bits per heavy atom. The van der Waals surface area contributed by atoms with Gasteiger partial charge in [0.15, 0.2) is 0 Å². The lowest BCUT2D eigenvalue weighted by Gasteiger charge is -2.19. The number of aryl methyl sites for hydroxylation is 1. The Morgan fingerprint density at radius 3 is 2.56 bits per heavy atom. The van der Waals surface area contributed by atoms with Gasteiger partial charge < -0.3 is 14.8 Å². The summed E-state index contributed by atoms with van der Waals surface area (Å²) in [4.78, 5) is 28.9. The monoisotopic (exact) mass is 514 g/mol. The van der Waals surface area contributed by atoms with Crippen molar-refractivity contribution < 1.29 is 23.5 Å². The molecule has 0 atom stereocenters. The first-order valence-corrected chi connectivity index (χ1v) is 11.4. The molecule has 3 heterocycles. The number of anilines is 1. The number of methoxy groups -OCH3 is 1. The highest BCUT2D eigenvalue weighted by Gasteiger charge is 2.25. The summed E-state index contributed by atoms with van der Waals surface area (Å²) >= 11 is 5.53. The highest BCUT2D eigenvalue weighted by atomic mass is 35.5. The lowest BCUT2D eigenvalue weighted by atomic mass is 10.1. The summed E-state index contributed by atoms with van der Waals surface area (Å²) in [5.41, 5.74) is 1.22. The third-order valence-corrected chi connectivity index (χ3v) is 5.29. The van der Waals surface area contributed by atoms with Crippen molar-refractivity contribution in [3.8, 4) is 28.3 Å². The molecule has 36 heavy (non-hydrogen) atoms. The fourth-order valence-corrected chi connectivity index (χ4v) is 3.68. The van der Waals surface area contributed by atoms with Gasteiger partial charge >= 0.3 is 6.09 Å². The van der Waals surface area contributed by atoms with E-state index in [0.29, 0.717) is 22.2 Å². The fraction of sp³-hybridized carbons (Fsp3) is 0.292. The van der Waals surface area contributed by atoms with E-state index in [0.717, 1.165) is 10.7 Å². The first-order valence-electron chi connectivity index (χ1n) is 10.9. The summed E-state index contributed by atoms with van der Waals surface area (Å²) < 4.78 is 28.9. The van der Waals surface area contributed by atoms with E-state index >= 15 is 4.39 Å². The van der Waals surface area contributed by atoms with Crippen molar-refractivity contribution in [2.24, 2.45) is 7.05 Å². The molecule has 1 aromatic carbocycles. The number of pyridine rings is 1. The predicted octanol–water partition coefficient (Wildman–Crippen LogP) is 4.61. The summed E-state index contributed by atoms with van der Waals surface area (Å²) in [7, 11) is 3.14. The molecule has 1 amide bonds. The molecule has 188 valence electrons. The number of fused-ring (bicyclic) bond motifs is 1. The van der Waals surface area contributed by atoms with E-state index in [2.05, 4.69) is 20.5 Å². The molecular weight excluding hydrogens is 491 g/mol. The minimum atomic E-state index is -0.742. The number of alkyl halides is 1. The van der Waals surface area contributed by atoms with E-state index in [9.17, 15) is 9.59 Å². The molecule has 3 aromatic heterocycles. The Hall–Kier alpha value is -3.99. The first-order chi connectivity index (χ1) is 17.0. The molecule has 0 spiro atoms. The number of aromatic nitrogens is 5. The molecule has 12 heteroatoms. The molecule has 0 bridgehead atoms. The second-order valence-corrected chi connectivity index (χ2v) is 9.21. The SMILES string of the molecule is COc1cc(NC(=O)CCl)cc(F)c1-c1cc2c(-c3cnn(C)c3)nn(C(=O)OC(C)(C)C)c2cn1. The van der Waals surface area contributed by atoms with Gasteiger partial charge in [-0.3, -0.25) is 14.5 Å². The van der Waals surface area contributed by atoms with Crippen LogP contribution in [-0.2, 0) is 16.6 Å². The molecule has 4 aromatic rings. The van der Waals surface area contributed by atoms with Crippen molar-refractivity contribution in [3.63, 3.8) is 0 Å². The molecule has 4 rings (SSSR count). The predicted molar refractivity (Wildman–Crippen MR) is 133 cm³/mol. The number of benzene rings is 1. The van der Waals surface area contributed by atoms with Crippen LogP contribution in [0.25, 0.3) is 33.4 Å². The lowest BCUT2D eigenvalue weighted by molar-refractivity contribution is -0.113. The fourth-order valence-electron chi connectivity index (χ4n) is 3.61. The van der Waals surface area contributed by atoms with Crippen LogP contribution in [0.4, 0.5) is 14.9 Å². The summed E-state index contributed by atoms with van der Waals surface area (Å²) in [6.07, 6.45) is 4.09. The van der Waals surface area contributed by atoms with Crippen LogP contribution in [0.5, 0.6) is 5.75 Å². The number of hydrogen-bond donors (Lipinski definition) is 1. The maximum absolute atomic E-state index is 15.3. The summed E-state index contributed by atoms with van der Waals surface area (Å²) in [5, 5.41) is 11.7. The minimum absolute atomic E-state index is 0.0745. The van der Waals surface area contributed by atoms with Crippen LogP contribution in [0.15, 0.2) is 36.8 Å². The zero-order valence-corrected chi connectivity index (χ0v) is 21.1. The van der Waals surface area contributed by atoms with Crippen molar-refractivity contribution in [2.45, 2.75) is 26.4 Å². The highest BCUT2D eigenvalue weighted by molar-refractivity contribution is 6.29. The molecule has 10 nitrogen and oxygen atoms in total. The number of nitrogens with zero attached hydrogens (tertiary/aromatic N) is 5. The third-order valence-electron chi connectivity index (χ3n) is 5.05. The zero-order chi connectivity index (χ0) is 26.2. The largest absolute Gasteiger partial charge is 0.496 e. The van der Waals surface area contributed by atoms with Gasteiger partial charge in [-0.15, -0.1) is 11.6 Å².